The van der Waals surface area contributed by atoms with E-state index in [-0.39, 0.29) is 19.4 Å². The Morgan fingerprint density at radius 3 is 2.46 bits per heavy atom. The second-order valence-electron chi connectivity index (χ2n) is 3.41. The molecule has 1 heterocycles. The molecule has 4 N–H and O–H groups in total. The molecular weight excluding hydrogens is 176 g/mol. The minimum Gasteiger partial charge on any atom is -0.390 e. The van der Waals surface area contributed by atoms with E-state index in [0.29, 0.717) is 6.42 Å². The van der Waals surface area contributed by atoms with Crippen LogP contribution in [0.25, 0.3) is 0 Å². The fraction of sp³-hybridized carbons (Fsp3) is 1.00. The molecule has 1 fully saturated rings. The van der Waals surface area contributed by atoms with E-state index in [0.717, 1.165) is 0 Å². The number of rotatable bonds is 2. The van der Waals surface area contributed by atoms with E-state index in [1.807, 2.05) is 0 Å². The average molecular weight is 192 g/mol. The molecule has 78 valence electrons. The maximum atomic E-state index is 9.79. The van der Waals surface area contributed by atoms with Crippen LogP contribution in [-0.2, 0) is 4.74 Å². The first-order valence-corrected chi connectivity index (χ1v) is 4.43. The van der Waals surface area contributed by atoms with Gasteiger partial charge in [0.1, 0.15) is 0 Å². The van der Waals surface area contributed by atoms with Gasteiger partial charge in [-0.2, -0.15) is 0 Å². The third-order valence-electron chi connectivity index (χ3n) is 2.51. The van der Waals surface area contributed by atoms with E-state index < -0.39 is 17.7 Å². The summed E-state index contributed by atoms with van der Waals surface area (Å²) in [6.07, 6.45) is -0.337. The SMILES string of the molecule is CCC(O)C1(O)CCCOC1(O)O. The Balaban J connectivity index is 2.83. The van der Waals surface area contributed by atoms with Crippen molar-refractivity contribution in [2.75, 3.05) is 6.61 Å². The minimum absolute atomic E-state index is 0.120. The molecule has 0 saturated carbocycles. The predicted molar refractivity (Wildman–Crippen MR) is 43.6 cm³/mol. The largest absolute Gasteiger partial charge is 0.390 e. The van der Waals surface area contributed by atoms with Crippen molar-refractivity contribution in [2.45, 2.75) is 43.9 Å². The van der Waals surface area contributed by atoms with E-state index in [1.54, 1.807) is 6.92 Å². The first-order chi connectivity index (χ1) is 5.94. The molecule has 13 heavy (non-hydrogen) atoms. The van der Waals surface area contributed by atoms with Gasteiger partial charge in [-0.15, -0.1) is 0 Å². The molecule has 0 radical (unpaired) electrons. The van der Waals surface area contributed by atoms with Crippen LogP contribution in [-0.4, -0.2) is 44.7 Å². The van der Waals surface area contributed by atoms with Crippen molar-refractivity contribution in [1.82, 2.24) is 0 Å². The molecule has 1 saturated heterocycles. The fourth-order valence-corrected chi connectivity index (χ4v) is 1.57. The summed E-state index contributed by atoms with van der Waals surface area (Å²) in [7, 11) is 0. The lowest BCUT2D eigenvalue weighted by molar-refractivity contribution is -0.437. The molecule has 0 amide bonds. The van der Waals surface area contributed by atoms with E-state index in [9.17, 15) is 20.4 Å². The van der Waals surface area contributed by atoms with Gasteiger partial charge in [-0.1, -0.05) is 6.92 Å². The number of hydrogen-bond donors (Lipinski definition) is 4. The van der Waals surface area contributed by atoms with Gasteiger partial charge in [0, 0.05) is 0 Å². The molecule has 0 aliphatic carbocycles. The molecule has 5 heteroatoms. The maximum absolute atomic E-state index is 9.79. The van der Waals surface area contributed by atoms with Crippen LogP contribution in [0.5, 0.6) is 0 Å². The molecule has 0 aromatic heterocycles. The summed E-state index contributed by atoms with van der Waals surface area (Å²) >= 11 is 0. The van der Waals surface area contributed by atoms with Crippen molar-refractivity contribution in [3.05, 3.63) is 0 Å². The quantitative estimate of drug-likeness (QED) is 0.419. The van der Waals surface area contributed by atoms with Crippen LogP contribution in [0.1, 0.15) is 26.2 Å². The lowest BCUT2D eigenvalue weighted by Crippen LogP contribution is -2.64. The highest BCUT2D eigenvalue weighted by Gasteiger charge is 2.55. The summed E-state index contributed by atoms with van der Waals surface area (Å²) in [5.41, 5.74) is -1.97. The zero-order valence-electron chi connectivity index (χ0n) is 7.60. The first kappa shape index (κ1) is 10.9. The Hall–Kier alpha value is -0.200. The molecule has 5 nitrogen and oxygen atoms in total. The van der Waals surface area contributed by atoms with Crippen molar-refractivity contribution >= 4 is 0 Å². The summed E-state index contributed by atoms with van der Waals surface area (Å²) in [6, 6.07) is 0. The molecular formula is C8H16O5. The minimum atomic E-state index is -2.64. The van der Waals surface area contributed by atoms with Crippen molar-refractivity contribution in [1.29, 1.82) is 0 Å². The van der Waals surface area contributed by atoms with Crippen LogP contribution in [0.3, 0.4) is 0 Å². The first-order valence-electron chi connectivity index (χ1n) is 4.43. The molecule has 0 aromatic rings. The Labute approximate surface area is 76.6 Å². The topological polar surface area (TPSA) is 90.2 Å². The second-order valence-corrected chi connectivity index (χ2v) is 3.41. The van der Waals surface area contributed by atoms with Crippen LogP contribution < -0.4 is 0 Å². The summed E-state index contributed by atoms with van der Waals surface area (Å²) in [5.74, 6) is -2.64. The molecule has 2 atom stereocenters. The monoisotopic (exact) mass is 192 g/mol. The number of aliphatic hydroxyl groups excluding tert-OH is 1. The lowest BCUT2D eigenvalue weighted by atomic mass is 9.85. The highest BCUT2D eigenvalue weighted by Crippen LogP contribution is 2.35. The van der Waals surface area contributed by atoms with Gasteiger partial charge in [0.15, 0.2) is 5.60 Å². The van der Waals surface area contributed by atoms with Crippen LogP contribution in [0, 0.1) is 0 Å². The zero-order valence-corrected chi connectivity index (χ0v) is 7.60. The molecule has 2 unspecified atom stereocenters. The number of ether oxygens (including phenoxy) is 1. The lowest BCUT2D eigenvalue weighted by Gasteiger charge is -2.44. The van der Waals surface area contributed by atoms with Gasteiger partial charge in [0.25, 0.3) is 0 Å². The van der Waals surface area contributed by atoms with Crippen LogP contribution >= 0.6 is 0 Å². The van der Waals surface area contributed by atoms with Gasteiger partial charge in [0.2, 0.25) is 0 Å². The molecule has 0 aromatic carbocycles. The summed E-state index contributed by atoms with van der Waals surface area (Å²) in [4.78, 5) is 0. The second kappa shape index (κ2) is 3.51. The molecule has 0 bridgehead atoms. The Bertz CT molecular complexity index is 181. The van der Waals surface area contributed by atoms with Gasteiger partial charge in [-0.05, 0) is 19.3 Å². The Kier molecular flexibility index (Phi) is 2.94. The van der Waals surface area contributed by atoms with Crippen molar-refractivity contribution in [2.24, 2.45) is 0 Å². The van der Waals surface area contributed by atoms with E-state index in [2.05, 4.69) is 4.74 Å². The van der Waals surface area contributed by atoms with Crippen molar-refractivity contribution < 1.29 is 25.2 Å². The average Bonchev–Trinajstić information content (AvgIpc) is 2.08. The van der Waals surface area contributed by atoms with Gasteiger partial charge in [0.05, 0.1) is 12.7 Å². The van der Waals surface area contributed by atoms with Gasteiger partial charge < -0.3 is 25.2 Å². The normalized spacial score (nSPS) is 35.8. The summed E-state index contributed by atoms with van der Waals surface area (Å²) in [5, 5.41) is 37.9. The molecule has 1 aliphatic heterocycles. The predicted octanol–water partition coefficient (Wildman–Crippen LogP) is -1.06. The summed E-state index contributed by atoms with van der Waals surface area (Å²) in [6.45, 7) is 1.82. The smallest absolute Gasteiger partial charge is 0.311 e. The highest BCUT2D eigenvalue weighted by molar-refractivity contribution is 4.94. The Morgan fingerprint density at radius 1 is 1.38 bits per heavy atom. The molecule has 0 spiro atoms. The van der Waals surface area contributed by atoms with Crippen LogP contribution in [0.15, 0.2) is 0 Å². The van der Waals surface area contributed by atoms with Crippen LogP contribution in [0.4, 0.5) is 0 Å². The number of aliphatic hydroxyl groups is 4. The summed E-state index contributed by atoms with van der Waals surface area (Å²) < 4.78 is 4.61. The van der Waals surface area contributed by atoms with E-state index >= 15 is 0 Å². The van der Waals surface area contributed by atoms with E-state index in [1.165, 1.54) is 0 Å². The van der Waals surface area contributed by atoms with Gasteiger partial charge in [-0.3, -0.25) is 0 Å². The van der Waals surface area contributed by atoms with Gasteiger partial charge >= 0.3 is 5.97 Å². The molecule has 1 rings (SSSR count). The fourth-order valence-electron chi connectivity index (χ4n) is 1.57. The third-order valence-corrected chi connectivity index (χ3v) is 2.51. The third kappa shape index (κ3) is 1.70. The maximum Gasteiger partial charge on any atom is 0.311 e. The number of hydrogen-bond acceptors (Lipinski definition) is 5. The standard InChI is InChI=1S/C8H16O5/c1-2-6(9)7(10)4-3-5-13-8(7,11)12/h6,9-12H,2-5H2,1H3. The van der Waals surface area contributed by atoms with Crippen LogP contribution in [0.2, 0.25) is 0 Å². The highest BCUT2D eigenvalue weighted by atomic mass is 16.8. The van der Waals surface area contributed by atoms with Crippen molar-refractivity contribution in [3.8, 4) is 0 Å². The van der Waals surface area contributed by atoms with Crippen molar-refractivity contribution in [3.63, 3.8) is 0 Å². The Morgan fingerprint density at radius 2 is 2.00 bits per heavy atom. The molecule has 1 aliphatic rings. The zero-order chi connectivity index (χ0) is 10.1. The van der Waals surface area contributed by atoms with Gasteiger partial charge in [-0.25, -0.2) is 0 Å². The van der Waals surface area contributed by atoms with E-state index in [4.69, 9.17) is 0 Å².